The first-order valence-corrected chi connectivity index (χ1v) is 7.08. The van der Waals surface area contributed by atoms with E-state index in [1.165, 1.54) is 19.2 Å². The second kappa shape index (κ2) is 7.60. The number of hydrogen-bond donors (Lipinski definition) is 2. The summed E-state index contributed by atoms with van der Waals surface area (Å²) in [6, 6.07) is 11.7. The summed E-state index contributed by atoms with van der Waals surface area (Å²) in [5.41, 5.74) is 0.536. The van der Waals surface area contributed by atoms with Crippen molar-refractivity contribution in [2.75, 3.05) is 7.05 Å². The molecule has 0 bridgehead atoms. The Hall–Kier alpha value is -2.60. The Morgan fingerprint density at radius 1 is 1.17 bits per heavy atom. The highest BCUT2D eigenvalue weighted by Gasteiger charge is 2.24. The number of ether oxygens (including phenoxy) is 1. The van der Waals surface area contributed by atoms with E-state index in [2.05, 4.69) is 10.6 Å². The van der Waals surface area contributed by atoms with Crippen molar-refractivity contribution in [1.29, 1.82) is 0 Å². The van der Waals surface area contributed by atoms with Crippen molar-refractivity contribution < 1.29 is 18.7 Å². The van der Waals surface area contributed by atoms with Crippen LogP contribution in [0.3, 0.4) is 0 Å². The zero-order valence-electron chi connectivity index (χ0n) is 12.2. The minimum Gasteiger partial charge on any atom is -0.476 e. The lowest BCUT2D eigenvalue weighted by Gasteiger charge is -2.19. The molecule has 3 amide bonds. The summed E-state index contributed by atoms with van der Waals surface area (Å²) in [5.74, 6) is -1.04. The molecule has 0 saturated heterocycles. The number of rotatable bonds is 4. The molecule has 23 heavy (non-hydrogen) atoms. The van der Waals surface area contributed by atoms with Gasteiger partial charge in [-0.1, -0.05) is 41.9 Å². The molecule has 0 saturated carbocycles. The van der Waals surface area contributed by atoms with Crippen LogP contribution in [0.1, 0.15) is 11.7 Å². The van der Waals surface area contributed by atoms with Crippen LogP contribution in [0.25, 0.3) is 0 Å². The standard InChI is InChI=1S/C16H14ClFN2O3/c1-19-16(22)20-15(21)14(10-5-3-2-4-6-10)23-11-7-8-13(18)12(17)9-11/h2-9,14H,1H3,(H2,19,20,21,22)/t14-/m0/s1. The van der Waals surface area contributed by atoms with E-state index >= 15 is 0 Å². The Balaban J connectivity index is 2.28. The van der Waals surface area contributed by atoms with Gasteiger partial charge in [0.2, 0.25) is 6.10 Å². The minimum atomic E-state index is -1.09. The monoisotopic (exact) mass is 336 g/mol. The zero-order chi connectivity index (χ0) is 16.8. The predicted molar refractivity (Wildman–Crippen MR) is 83.8 cm³/mol. The Morgan fingerprint density at radius 2 is 1.87 bits per heavy atom. The van der Waals surface area contributed by atoms with E-state index in [9.17, 15) is 14.0 Å². The maximum Gasteiger partial charge on any atom is 0.321 e. The zero-order valence-corrected chi connectivity index (χ0v) is 12.9. The summed E-state index contributed by atoms with van der Waals surface area (Å²) < 4.78 is 18.8. The summed E-state index contributed by atoms with van der Waals surface area (Å²) in [4.78, 5) is 23.6. The number of hydrogen-bond acceptors (Lipinski definition) is 3. The summed E-state index contributed by atoms with van der Waals surface area (Å²) in [5, 5.41) is 4.31. The fraction of sp³-hybridized carbons (Fsp3) is 0.125. The Kier molecular flexibility index (Phi) is 5.54. The highest BCUT2D eigenvalue weighted by atomic mass is 35.5. The molecule has 2 aromatic carbocycles. The van der Waals surface area contributed by atoms with E-state index in [0.717, 1.165) is 6.07 Å². The van der Waals surface area contributed by atoms with Gasteiger partial charge < -0.3 is 10.1 Å². The SMILES string of the molecule is CNC(=O)NC(=O)[C@@H](Oc1ccc(F)c(Cl)c1)c1ccccc1. The molecule has 0 unspecified atom stereocenters. The molecule has 0 radical (unpaired) electrons. The van der Waals surface area contributed by atoms with Gasteiger partial charge in [0.25, 0.3) is 5.91 Å². The van der Waals surface area contributed by atoms with Gasteiger partial charge in [0.1, 0.15) is 11.6 Å². The number of urea groups is 1. The molecule has 2 rings (SSSR count). The number of halogens is 2. The summed E-state index contributed by atoms with van der Waals surface area (Å²) in [6.45, 7) is 0. The van der Waals surface area contributed by atoms with Crippen molar-refractivity contribution in [2.45, 2.75) is 6.10 Å². The van der Waals surface area contributed by atoms with Gasteiger partial charge in [0.15, 0.2) is 0 Å². The van der Waals surface area contributed by atoms with Crippen LogP contribution in [0, 0.1) is 5.82 Å². The van der Waals surface area contributed by atoms with Gasteiger partial charge in [0.05, 0.1) is 5.02 Å². The van der Waals surface area contributed by atoms with Gasteiger partial charge in [-0.3, -0.25) is 10.1 Å². The molecule has 0 aliphatic heterocycles. The fourth-order valence-corrected chi connectivity index (χ4v) is 2.00. The number of imide groups is 1. The largest absolute Gasteiger partial charge is 0.476 e. The maximum atomic E-state index is 13.2. The Morgan fingerprint density at radius 3 is 2.48 bits per heavy atom. The van der Waals surface area contributed by atoms with E-state index < -0.39 is 23.9 Å². The van der Waals surface area contributed by atoms with Crippen molar-refractivity contribution in [1.82, 2.24) is 10.6 Å². The Bertz CT molecular complexity index is 710. The highest BCUT2D eigenvalue weighted by Crippen LogP contribution is 2.26. The molecular formula is C16H14ClFN2O3. The molecule has 2 N–H and O–H groups in total. The smallest absolute Gasteiger partial charge is 0.321 e. The molecule has 0 heterocycles. The van der Waals surface area contributed by atoms with Gasteiger partial charge in [-0.05, 0) is 12.1 Å². The molecule has 5 nitrogen and oxygen atoms in total. The van der Waals surface area contributed by atoms with E-state index in [-0.39, 0.29) is 10.8 Å². The fourth-order valence-electron chi connectivity index (χ4n) is 1.83. The third kappa shape index (κ3) is 4.43. The van der Waals surface area contributed by atoms with Crippen molar-refractivity contribution in [2.24, 2.45) is 0 Å². The molecule has 7 heteroatoms. The van der Waals surface area contributed by atoms with Crippen LogP contribution in [0.15, 0.2) is 48.5 Å². The van der Waals surface area contributed by atoms with Crippen LogP contribution < -0.4 is 15.4 Å². The molecular weight excluding hydrogens is 323 g/mol. The van der Waals surface area contributed by atoms with Crippen molar-refractivity contribution in [3.63, 3.8) is 0 Å². The van der Waals surface area contributed by atoms with E-state index in [1.807, 2.05) is 0 Å². The van der Waals surface area contributed by atoms with Gasteiger partial charge in [0, 0.05) is 18.7 Å². The summed E-state index contributed by atoms with van der Waals surface area (Å²) >= 11 is 5.71. The molecule has 1 atom stereocenters. The van der Waals surface area contributed by atoms with E-state index in [0.29, 0.717) is 5.56 Å². The van der Waals surface area contributed by atoms with Crippen LogP contribution in [0.5, 0.6) is 5.75 Å². The highest BCUT2D eigenvalue weighted by molar-refractivity contribution is 6.30. The average molecular weight is 337 g/mol. The molecule has 0 aliphatic carbocycles. The van der Waals surface area contributed by atoms with E-state index in [4.69, 9.17) is 16.3 Å². The third-order valence-corrected chi connectivity index (χ3v) is 3.24. The Labute approximate surface area is 137 Å². The van der Waals surface area contributed by atoms with Crippen molar-refractivity contribution >= 4 is 23.5 Å². The van der Waals surface area contributed by atoms with Crippen LogP contribution >= 0.6 is 11.6 Å². The first kappa shape index (κ1) is 16.8. The lowest BCUT2D eigenvalue weighted by Crippen LogP contribution is -2.41. The topological polar surface area (TPSA) is 67.4 Å². The molecule has 0 spiro atoms. The van der Waals surface area contributed by atoms with Crippen LogP contribution in [-0.2, 0) is 4.79 Å². The van der Waals surface area contributed by atoms with Crippen LogP contribution in [0.4, 0.5) is 9.18 Å². The molecule has 0 aliphatic rings. The number of nitrogens with one attached hydrogen (secondary N) is 2. The number of benzene rings is 2. The third-order valence-electron chi connectivity index (χ3n) is 2.95. The van der Waals surface area contributed by atoms with Gasteiger partial charge >= 0.3 is 6.03 Å². The van der Waals surface area contributed by atoms with Gasteiger partial charge in [-0.2, -0.15) is 0 Å². The molecule has 2 aromatic rings. The molecule has 0 fully saturated rings. The number of carbonyl (C=O) groups excluding carboxylic acids is 2. The number of carbonyl (C=O) groups is 2. The van der Waals surface area contributed by atoms with Gasteiger partial charge in [-0.15, -0.1) is 0 Å². The summed E-state index contributed by atoms with van der Waals surface area (Å²) in [7, 11) is 1.39. The maximum absolute atomic E-state index is 13.2. The molecule has 0 aromatic heterocycles. The predicted octanol–water partition coefficient (Wildman–Crippen LogP) is 3.05. The van der Waals surface area contributed by atoms with Crippen molar-refractivity contribution in [3.05, 3.63) is 64.9 Å². The summed E-state index contributed by atoms with van der Waals surface area (Å²) in [6.07, 6.45) is -1.09. The van der Waals surface area contributed by atoms with Gasteiger partial charge in [-0.25, -0.2) is 9.18 Å². The second-order valence-corrected chi connectivity index (χ2v) is 4.96. The van der Waals surface area contributed by atoms with Crippen LogP contribution in [-0.4, -0.2) is 19.0 Å². The first-order valence-electron chi connectivity index (χ1n) is 6.70. The second-order valence-electron chi connectivity index (χ2n) is 4.55. The minimum absolute atomic E-state index is 0.124. The lowest BCUT2D eigenvalue weighted by atomic mass is 10.1. The molecule has 120 valence electrons. The lowest BCUT2D eigenvalue weighted by molar-refractivity contribution is -0.127. The quantitative estimate of drug-likeness (QED) is 0.901. The average Bonchev–Trinajstić information content (AvgIpc) is 2.56. The normalized spacial score (nSPS) is 11.4. The van der Waals surface area contributed by atoms with Crippen molar-refractivity contribution in [3.8, 4) is 5.75 Å². The first-order chi connectivity index (χ1) is 11.0. The van der Waals surface area contributed by atoms with E-state index in [1.54, 1.807) is 30.3 Å². The van der Waals surface area contributed by atoms with Crippen LogP contribution in [0.2, 0.25) is 5.02 Å². The number of amides is 3.